The van der Waals surface area contributed by atoms with Crippen molar-refractivity contribution in [2.45, 2.75) is 154 Å². The van der Waals surface area contributed by atoms with Gasteiger partial charge >= 0.3 is 0 Å². The summed E-state index contributed by atoms with van der Waals surface area (Å²) < 4.78 is 0. The molecule has 7 heteroatoms. The lowest BCUT2D eigenvalue weighted by Crippen LogP contribution is -2.33. The average Bonchev–Trinajstić information content (AvgIpc) is 2.79. The number of amides is 3. The number of Topliss-reactive ketones (excluding diaryl/α,β-unsaturated/α-hetero) is 1. The van der Waals surface area contributed by atoms with Crippen LogP contribution in [-0.4, -0.2) is 43.1 Å². The molecule has 0 fully saturated rings. The molecule has 0 radical (unpaired) electrons. The molecule has 0 aromatic rings. The van der Waals surface area contributed by atoms with Crippen LogP contribution in [0.2, 0.25) is 0 Å². The van der Waals surface area contributed by atoms with E-state index in [1.807, 2.05) is 0 Å². The number of hydrogen-bond acceptors (Lipinski definition) is 4. The largest absolute Gasteiger partial charge is 0.356 e. The van der Waals surface area contributed by atoms with Gasteiger partial charge in [-0.15, -0.1) is 0 Å². The minimum atomic E-state index is 0.0264. The van der Waals surface area contributed by atoms with Crippen molar-refractivity contribution in [1.82, 2.24) is 16.0 Å². The summed E-state index contributed by atoms with van der Waals surface area (Å²) in [4.78, 5) is 46.5. The minimum absolute atomic E-state index is 0.0264. The standard InChI is InChI=1S/C19H37NO2.C15H30N2O2/c1-18(2,3)14-13-16(21)11-9-7-8-10-12-17(22)20-15-19(4,5)6;1-14(2,3)10-16-12(18)8-7-9-13(19)17-11-15(4,5)6/h7-15H2,1-6H3,(H,20,22);7-11H2,1-6H3,(H,16,18)(H,17,19). The Kier molecular flexibility index (Phi) is 20.2. The Morgan fingerprint density at radius 1 is 0.390 bits per heavy atom. The Bertz CT molecular complexity index is 699. The Morgan fingerprint density at radius 2 is 0.707 bits per heavy atom. The molecular formula is C34H67N3O4. The molecule has 0 aromatic carbocycles. The molecule has 0 rings (SSSR count). The molecule has 0 aliphatic heterocycles. The normalized spacial score (nSPS) is 12.2. The second kappa shape index (κ2) is 20.1. The molecule has 0 saturated carbocycles. The van der Waals surface area contributed by atoms with E-state index in [0.717, 1.165) is 38.6 Å². The first kappa shape index (κ1) is 41.2. The molecule has 0 aliphatic rings. The van der Waals surface area contributed by atoms with Crippen molar-refractivity contribution in [3.63, 3.8) is 0 Å². The first-order valence-electron chi connectivity index (χ1n) is 15.8. The van der Waals surface area contributed by atoms with Gasteiger partial charge in [-0.3, -0.25) is 19.2 Å². The number of rotatable bonds is 16. The molecule has 3 N–H and O–H groups in total. The molecule has 242 valence electrons. The van der Waals surface area contributed by atoms with Gasteiger partial charge in [0.05, 0.1) is 0 Å². The number of unbranched alkanes of at least 4 members (excludes halogenated alkanes) is 3. The third-order valence-corrected chi connectivity index (χ3v) is 6.02. The van der Waals surface area contributed by atoms with Crippen LogP contribution in [0.25, 0.3) is 0 Å². The van der Waals surface area contributed by atoms with Crippen molar-refractivity contribution in [3.8, 4) is 0 Å². The predicted octanol–water partition coefficient (Wildman–Crippen LogP) is 7.37. The molecule has 0 saturated heterocycles. The van der Waals surface area contributed by atoms with Crippen LogP contribution < -0.4 is 16.0 Å². The molecule has 0 heterocycles. The van der Waals surface area contributed by atoms with E-state index >= 15 is 0 Å². The van der Waals surface area contributed by atoms with E-state index in [1.165, 1.54) is 0 Å². The van der Waals surface area contributed by atoms with Gasteiger partial charge in [-0.1, -0.05) is 95.9 Å². The van der Waals surface area contributed by atoms with Crippen molar-refractivity contribution in [2.24, 2.45) is 21.7 Å². The van der Waals surface area contributed by atoms with E-state index in [9.17, 15) is 19.2 Å². The Morgan fingerprint density at radius 3 is 1.02 bits per heavy atom. The van der Waals surface area contributed by atoms with Crippen LogP contribution in [0.4, 0.5) is 0 Å². The molecule has 7 nitrogen and oxygen atoms in total. The molecule has 0 unspecified atom stereocenters. The van der Waals surface area contributed by atoms with Crippen LogP contribution in [0.1, 0.15) is 154 Å². The molecular weight excluding hydrogens is 514 g/mol. The van der Waals surface area contributed by atoms with Gasteiger partial charge in [0.1, 0.15) is 5.78 Å². The van der Waals surface area contributed by atoms with E-state index in [-0.39, 0.29) is 39.4 Å². The highest BCUT2D eigenvalue weighted by Crippen LogP contribution is 2.21. The molecule has 0 aromatic heterocycles. The van der Waals surface area contributed by atoms with Gasteiger partial charge in [0, 0.05) is 51.7 Å². The molecule has 0 bridgehead atoms. The summed E-state index contributed by atoms with van der Waals surface area (Å²) >= 11 is 0. The van der Waals surface area contributed by atoms with Gasteiger partial charge in [-0.2, -0.15) is 0 Å². The maximum Gasteiger partial charge on any atom is 0.220 e. The monoisotopic (exact) mass is 582 g/mol. The lowest BCUT2D eigenvalue weighted by molar-refractivity contribution is -0.123. The lowest BCUT2D eigenvalue weighted by atomic mass is 9.89. The highest BCUT2D eigenvalue weighted by atomic mass is 16.2. The summed E-state index contributed by atoms with van der Waals surface area (Å²) in [6.45, 7) is 27.4. The van der Waals surface area contributed by atoms with Crippen molar-refractivity contribution in [3.05, 3.63) is 0 Å². The van der Waals surface area contributed by atoms with Crippen LogP contribution >= 0.6 is 0 Å². The lowest BCUT2D eigenvalue weighted by Gasteiger charge is -2.19. The number of ketones is 1. The topological polar surface area (TPSA) is 104 Å². The van der Waals surface area contributed by atoms with Gasteiger partial charge in [0.25, 0.3) is 0 Å². The smallest absolute Gasteiger partial charge is 0.220 e. The quantitative estimate of drug-likeness (QED) is 0.166. The predicted molar refractivity (Wildman–Crippen MR) is 173 cm³/mol. The zero-order valence-corrected chi connectivity index (χ0v) is 29.0. The van der Waals surface area contributed by atoms with E-state index in [4.69, 9.17) is 0 Å². The van der Waals surface area contributed by atoms with E-state index in [1.54, 1.807) is 0 Å². The number of carbonyl (C=O) groups excluding carboxylic acids is 4. The van der Waals surface area contributed by atoms with Crippen LogP contribution in [0.5, 0.6) is 0 Å². The number of nitrogens with one attached hydrogen (secondary N) is 3. The van der Waals surface area contributed by atoms with Crippen molar-refractivity contribution >= 4 is 23.5 Å². The maximum atomic E-state index is 11.7. The van der Waals surface area contributed by atoms with Crippen molar-refractivity contribution < 1.29 is 19.2 Å². The van der Waals surface area contributed by atoms with Gasteiger partial charge in [0.2, 0.25) is 17.7 Å². The third kappa shape index (κ3) is 36.1. The third-order valence-electron chi connectivity index (χ3n) is 6.02. The fourth-order valence-electron chi connectivity index (χ4n) is 3.37. The summed E-state index contributed by atoms with van der Waals surface area (Å²) in [5.41, 5.74) is 0.582. The second-order valence-electron chi connectivity index (χ2n) is 16.4. The van der Waals surface area contributed by atoms with Crippen molar-refractivity contribution in [2.75, 3.05) is 19.6 Å². The molecule has 3 amide bonds. The molecule has 41 heavy (non-hydrogen) atoms. The summed E-state index contributed by atoms with van der Waals surface area (Å²) in [6, 6.07) is 0. The van der Waals surface area contributed by atoms with Gasteiger partial charge in [0.15, 0.2) is 0 Å². The van der Waals surface area contributed by atoms with Crippen LogP contribution in [-0.2, 0) is 19.2 Å². The van der Waals surface area contributed by atoms with E-state index in [0.29, 0.717) is 57.4 Å². The number of hydrogen-bond donors (Lipinski definition) is 3. The fourth-order valence-corrected chi connectivity index (χ4v) is 3.37. The van der Waals surface area contributed by atoms with Crippen LogP contribution in [0.15, 0.2) is 0 Å². The first-order valence-corrected chi connectivity index (χ1v) is 15.8. The summed E-state index contributed by atoms with van der Waals surface area (Å²) in [6.07, 6.45) is 8.39. The van der Waals surface area contributed by atoms with E-state index < -0.39 is 0 Å². The second-order valence-corrected chi connectivity index (χ2v) is 16.4. The summed E-state index contributed by atoms with van der Waals surface area (Å²) in [5.74, 6) is 0.589. The molecule has 0 spiro atoms. The molecule has 0 aliphatic carbocycles. The van der Waals surface area contributed by atoms with Gasteiger partial charge < -0.3 is 16.0 Å². The van der Waals surface area contributed by atoms with Crippen molar-refractivity contribution in [1.29, 1.82) is 0 Å². The SMILES string of the molecule is CC(C)(C)CCC(=O)CCCCCCC(=O)NCC(C)(C)C.CC(C)(C)CNC(=O)CCCC(=O)NCC(C)(C)C. The fraction of sp³-hybridized carbons (Fsp3) is 0.882. The van der Waals surface area contributed by atoms with E-state index in [2.05, 4.69) is 99.0 Å². The number of carbonyl (C=O) groups is 4. The summed E-state index contributed by atoms with van der Waals surface area (Å²) in [5, 5.41) is 8.73. The maximum absolute atomic E-state index is 11.7. The highest BCUT2D eigenvalue weighted by molar-refractivity contribution is 5.79. The van der Waals surface area contributed by atoms with Crippen LogP contribution in [0.3, 0.4) is 0 Å². The van der Waals surface area contributed by atoms with Gasteiger partial charge in [-0.05, 0) is 47.3 Å². The molecule has 0 atom stereocenters. The summed E-state index contributed by atoms with van der Waals surface area (Å²) in [7, 11) is 0. The average molecular weight is 582 g/mol. The minimum Gasteiger partial charge on any atom is -0.356 e. The Balaban J connectivity index is 0. The highest BCUT2D eigenvalue weighted by Gasteiger charge is 2.15. The first-order chi connectivity index (χ1) is 18.5. The zero-order chi connectivity index (χ0) is 32.3. The van der Waals surface area contributed by atoms with Gasteiger partial charge in [-0.25, -0.2) is 0 Å². The zero-order valence-electron chi connectivity index (χ0n) is 29.0. The van der Waals surface area contributed by atoms with Crippen LogP contribution in [0, 0.1) is 21.7 Å². The Hall–Kier alpha value is -1.92. The Labute approximate surface area is 253 Å².